The van der Waals surface area contributed by atoms with Gasteiger partial charge in [-0.05, 0) is 6.92 Å². The molecule has 3 heteroatoms. The largest absolute Gasteiger partial charge is 0.290 e. The molecule has 0 radical (unpaired) electrons. The summed E-state index contributed by atoms with van der Waals surface area (Å²) >= 11 is 0. The van der Waals surface area contributed by atoms with Gasteiger partial charge in [-0.15, -0.1) is 6.42 Å². The lowest BCUT2D eigenvalue weighted by molar-refractivity contribution is 0.104. The number of piperazine rings is 1. The van der Waals surface area contributed by atoms with Gasteiger partial charge < -0.3 is 0 Å². The molecule has 1 heterocycles. The molecule has 1 aliphatic heterocycles. The van der Waals surface area contributed by atoms with E-state index >= 15 is 0 Å². The monoisotopic (exact) mass is 177 g/mol. The Labute approximate surface area is 79.9 Å². The Morgan fingerprint density at radius 2 is 2.23 bits per heavy atom. The van der Waals surface area contributed by atoms with E-state index in [2.05, 4.69) is 28.7 Å². The normalized spacial score (nSPS) is 25.0. The number of terminal acetylenes is 1. The molecule has 0 amide bonds. The quantitative estimate of drug-likeness (QED) is 0.444. The van der Waals surface area contributed by atoms with Crippen LogP contribution in [0.2, 0.25) is 0 Å². The van der Waals surface area contributed by atoms with Gasteiger partial charge in [-0.25, -0.2) is 0 Å². The van der Waals surface area contributed by atoms with Crippen LogP contribution < -0.4 is 0 Å². The minimum absolute atomic E-state index is 0.446. The third kappa shape index (κ3) is 2.73. The summed E-state index contributed by atoms with van der Waals surface area (Å²) in [7, 11) is 0. The maximum Gasteiger partial charge on any atom is 0.0869 e. The number of hydrogen-bond donors (Lipinski definition) is 0. The smallest absolute Gasteiger partial charge is 0.0869 e. The highest BCUT2D eigenvalue weighted by molar-refractivity contribution is 4.92. The molecule has 1 aliphatic rings. The molecule has 1 atom stereocenters. The topological polar surface area (TPSA) is 30.3 Å². The van der Waals surface area contributed by atoms with E-state index in [1.54, 1.807) is 0 Å². The van der Waals surface area contributed by atoms with Crippen molar-refractivity contribution in [3.05, 3.63) is 0 Å². The molecule has 1 saturated heterocycles. The van der Waals surface area contributed by atoms with Crippen molar-refractivity contribution in [2.75, 3.05) is 32.7 Å². The summed E-state index contributed by atoms with van der Waals surface area (Å²) in [6.45, 7) is 6.31. The number of hydrogen-bond acceptors (Lipinski definition) is 3. The average Bonchev–Trinajstić information content (AvgIpc) is 2.10. The van der Waals surface area contributed by atoms with Crippen molar-refractivity contribution >= 4 is 0 Å². The van der Waals surface area contributed by atoms with Crippen molar-refractivity contribution in [1.29, 1.82) is 5.26 Å². The summed E-state index contributed by atoms with van der Waals surface area (Å²) in [6.07, 6.45) is 5.24. The fourth-order valence-corrected chi connectivity index (χ4v) is 1.67. The van der Waals surface area contributed by atoms with Crippen LogP contribution in [0.4, 0.5) is 0 Å². The van der Waals surface area contributed by atoms with Crippen molar-refractivity contribution in [2.45, 2.75) is 13.0 Å². The lowest BCUT2D eigenvalue weighted by Gasteiger charge is -2.37. The molecule has 0 saturated carbocycles. The van der Waals surface area contributed by atoms with Gasteiger partial charge in [-0.2, -0.15) is 5.26 Å². The fraction of sp³-hybridized carbons (Fsp3) is 0.700. The van der Waals surface area contributed by atoms with Crippen LogP contribution >= 0.6 is 0 Å². The zero-order chi connectivity index (χ0) is 9.68. The van der Waals surface area contributed by atoms with Crippen LogP contribution in [0.5, 0.6) is 0 Å². The van der Waals surface area contributed by atoms with Gasteiger partial charge in [0.15, 0.2) is 0 Å². The molecule has 0 bridgehead atoms. The van der Waals surface area contributed by atoms with Crippen molar-refractivity contribution in [1.82, 2.24) is 9.80 Å². The van der Waals surface area contributed by atoms with Gasteiger partial charge in [-0.1, -0.05) is 5.92 Å². The first-order valence-electron chi connectivity index (χ1n) is 4.54. The second kappa shape index (κ2) is 4.87. The minimum Gasteiger partial charge on any atom is -0.290 e. The summed E-state index contributed by atoms with van der Waals surface area (Å²) in [4.78, 5) is 4.44. The molecular weight excluding hydrogens is 162 g/mol. The van der Waals surface area contributed by atoms with Crippen molar-refractivity contribution in [2.24, 2.45) is 0 Å². The van der Waals surface area contributed by atoms with Crippen LogP contribution in [0.1, 0.15) is 6.92 Å². The molecule has 0 aromatic rings. The number of nitrogens with zero attached hydrogens (tertiary/aromatic N) is 3. The Hall–Kier alpha value is -1.03. The van der Waals surface area contributed by atoms with Crippen LogP contribution in [0.25, 0.3) is 0 Å². The molecule has 0 aromatic heterocycles. The molecular formula is C10H15N3. The molecule has 1 rings (SSSR count). The third-order valence-corrected chi connectivity index (χ3v) is 2.44. The molecule has 1 fully saturated rings. The Morgan fingerprint density at radius 3 is 2.77 bits per heavy atom. The Kier molecular flexibility index (Phi) is 3.76. The summed E-state index contributed by atoms with van der Waals surface area (Å²) < 4.78 is 0. The van der Waals surface area contributed by atoms with E-state index in [1.807, 2.05) is 0 Å². The predicted octanol–water partition coefficient (Wildman–Crippen LogP) is 0.149. The molecule has 0 spiro atoms. The molecule has 0 aliphatic carbocycles. The van der Waals surface area contributed by atoms with Gasteiger partial charge in [0.1, 0.15) is 0 Å². The van der Waals surface area contributed by atoms with E-state index in [1.165, 1.54) is 0 Å². The van der Waals surface area contributed by atoms with Crippen molar-refractivity contribution < 1.29 is 0 Å². The van der Waals surface area contributed by atoms with Gasteiger partial charge in [0.05, 0.1) is 19.2 Å². The number of rotatable bonds is 2. The van der Waals surface area contributed by atoms with Gasteiger partial charge in [0.2, 0.25) is 0 Å². The predicted molar refractivity (Wildman–Crippen MR) is 51.9 cm³/mol. The molecule has 70 valence electrons. The maximum absolute atomic E-state index is 8.57. The standard InChI is InChI=1S/C10H15N3/c1-3-5-12-7-8-13(6-4-11)10(2)9-12/h1,10H,5-9H2,2H3. The minimum atomic E-state index is 0.446. The average molecular weight is 177 g/mol. The molecule has 13 heavy (non-hydrogen) atoms. The molecule has 1 unspecified atom stereocenters. The van der Waals surface area contributed by atoms with E-state index in [9.17, 15) is 0 Å². The first kappa shape index (κ1) is 10.1. The summed E-state index contributed by atoms with van der Waals surface area (Å²) in [5.74, 6) is 2.65. The highest BCUT2D eigenvalue weighted by Gasteiger charge is 2.22. The second-order valence-electron chi connectivity index (χ2n) is 3.42. The molecule has 0 N–H and O–H groups in total. The van der Waals surface area contributed by atoms with Gasteiger partial charge in [-0.3, -0.25) is 9.80 Å². The zero-order valence-corrected chi connectivity index (χ0v) is 8.03. The van der Waals surface area contributed by atoms with Crippen LogP contribution in [0, 0.1) is 23.7 Å². The fourth-order valence-electron chi connectivity index (χ4n) is 1.67. The Bertz CT molecular complexity index is 236. The molecule has 3 nitrogen and oxygen atoms in total. The van der Waals surface area contributed by atoms with Crippen LogP contribution in [0.15, 0.2) is 0 Å². The van der Waals surface area contributed by atoms with Crippen molar-refractivity contribution in [3.8, 4) is 18.4 Å². The van der Waals surface area contributed by atoms with Crippen molar-refractivity contribution in [3.63, 3.8) is 0 Å². The zero-order valence-electron chi connectivity index (χ0n) is 8.03. The highest BCUT2D eigenvalue weighted by Crippen LogP contribution is 2.07. The van der Waals surface area contributed by atoms with Crippen LogP contribution in [-0.2, 0) is 0 Å². The number of nitriles is 1. The summed E-state index contributed by atoms with van der Waals surface area (Å²) in [6, 6.07) is 2.63. The maximum atomic E-state index is 8.57. The van der Waals surface area contributed by atoms with E-state index < -0.39 is 0 Å². The van der Waals surface area contributed by atoms with E-state index in [0.29, 0.717) is 12.6 Å². The van der Waals surface area contributed by atoms with Crippen LogP contribution in [-0.4, -0.2) is 48.6 Å². The van der Waals surface area contributed by atoms with E-state index in [-0.39, 0.29) is 0 Å². The van der Waals surface area contributed by atoms with E-state index in [4.69, 9.17) is 11.7 Å². The van der Waals surface area contributed by atoms with Crippen LogP contribution in [0.3, 0.4) is 0 Å². The van der Waals surface area contributed by atoms with E-state index in [0.717, 1.165) is 26.2 Å². The first-order valence-corrected chi connectivity index (χ1v) is 4.54. The summed E-state index contributed by atoms with van der Waals surface area (Å²) in [5, 5.41) is 8.57. The summed E-state index contributed by atoms with van der Waals surface area (Å²) in [5.41, 5.74) is 0. The lowest BCUT2D eigenvalue weighted by Crippen LogP contribution is -2.51. The SMILES string of the molecule is C#CCN1CCN(CC#N)C(C)C1. The first-order chi connectivity index (χ1) is 6.27. The van der Waals surface area contributed by atoms with Gasteiger partial charge in [0.25, 0.3) is 0 Å². The Balaban J connectivity index is 2.39. The molecule has 0 aromatic carbocycles. The second-order valence-corrected chi connectivity index (χ2v) is 3.42. The third-order valence-electron chi connectivity index (χ3n) is 2.44. The lowest BCUT2D eigenvalue weighted by atomic mass is 10.2. The van der Waals surface area contributed by atoms with Gasteiger partial charge in [0, 0.05) is 25.7 Å². The van der Waals surface area contributed by atoms with Gasteiger partial charge >= 0.3 is 0 Å². The Morgan fingerprint density at radius 1 is 1.46 bits per heavy atom. The highest BCUT2D eigenvalue weighted by atomic mass is 15.3.